The van der Waals surface area contributed by atoms with Crippen LogP contribution in [0.25, 0.3) is 0 Å². The number of benzene rings is 1. The van der Waals surface area contributed by atoms with Crippen molar-refractivity contribution in [1.82, 2.24) is 10.2 Å². The van der Waals surface area contributed by atoms with E-state index in [0.29, 0.717) is 37.9 Å². The van der Waals surface area contributed by atoms with Crippen LogP contribution >= 0.6 is 0 Å². The molecule has 5 nitrogen and oxygen atoms in total. The Morgan fingerprint density at radius 1 is 1.28 bits per heavy atom. The highest BCUT2D eigenvalue weighted by Gasteiger charge is 2.33. The number of carbonyl (C=O) groups excluding carboxylic acids is 1. The van der Waals surface area contributed by atoms with Crippen molar-refractivity contribution in [2.45, 2.75) is 33.6 Å². The van der Waals surface area contributed by atoms with Crippen molar-refractivity contribution in [1.29, 1.82) is 0 Å². The van der Waals surface area contributed by atoms with Crippen molar-refractivity contribution in [2.24, 2.45) is 23.7 Å². The summed E-state index contributed by atoms with van der Waals surface area (Å²) in [6.07, 6.45) is 1.47. The van der Waals surface area contributed by atoms with Crippen molar-refractivity contribution in [2.75, 3.05) is 19.6 Å². The Balaban J connectivity index is 1.86. The summed E-state index contributed by atoms with van der Waals surface area (Å²) in [6, 6.07) is 10.3. The van der Waals surface area contributed by atoms with Gasteiger partial charge in [0, 0.05) is 19.6 Å². The molecule has 1 aliphatic rings. The molecular formula is C20H30N2O3. The van der Waals surface area contributed by atoms with E-state index in [0.717, 1.165) is 6.42 Å². The Labute approximate surface area is 150 Å². The molecule has 1 saturated heterocycles. The summed E-state index contributed by atoms with van der Waals surface area (Å²) < 4.78 is 0. The zero-order valence-corrected chi connectivity index (χ0v) is 15.4. The van der Waals surface area contributed by atoms with Crippen LogP contribution < -0.4 is 5.32 Å². The van der Waals surface area contributed by atoms with Gasteiger partial charge in [-0.25, -0.2) is 4.79 Å². The van der Waals surface area contributed by atoms with Gasteiger partial charge in [0.05, 0.1) is 5.92 Å². The molecule has 0 saturated carbocycles. The van der Waals surface area contributed by atoms with Gasteiger partial charge in [-0.2, -0.15) is 0 Å². The summed E-state index contributed by atoms with van der Waals surface area (Å²) in [5, 5.41) is 12.3. The van der Waals surface area contributed by atoms with Gasteiger partial charge >= 0.3 is 12.0 Å². The number of aliphatic carboxylic acids is 1. The maximum absolute atomic E-state index is 12.5. The summed E-state index contributed by atoms with van der Waals surface area (Å²) >= 11 is 0. The van der Waals surface area contributed by atoms with Gasteiger partial charge in [0.2, 0.25) is 0 Å². The van der Waals surface area contributed by atoms with Crippen molar-refractivity contribution in [3.05, 3.63) is 35.9 Å². The lowest BCUT2D eigenvalue weighted by atomic mass is 9.87. The number of carboxylic acid groups (broad SMARTS) is 1. The fourth-order valence-corrected chi connectivity index (χ4v) is 3.49. The van der Waals surface area contributed by atoms with Crippen LogP contribution in [0.5, 0.6) is 0 Å². The van der Waals surface area contributed by atoms with E-state index >= 15 is 0 Å². The minimum atomic E-state index is -0.754. The van der Waals surface area contributed by atoms with Crippen LogP contribution in [-0.4, -0.2) is 41.6 Å². The molecule has 0 aromatic heterocycles. The molecule has 3 unspecified atom stereocenters. The molecule has 138 valence electrons. The quantitative estimate of drug-likeness (QED) is 0.831. The largest absolute Gasteiger partial charge is 0.481 e. The molecule has 1 heterocycles. The minimum Gasteiger partial charge on any atom is -0.481 e. The minimum absolute atomic E-state index is 0.0118. The van der Waals surface area contributed by atoms with Crippen molar-refractivity contribution in [3.63, 3.8) is 0 Å². The van der Waals surface area contributed by atoms with E-state index in [1.165, 1.54) is 5.56 Å². The topological polar surface area (TPSA) is 69.6 Å². The molecule has 2 rings (SSSR count). The number of amides is 2. The number of likely N-dealkylation sites (tertiary alicyclic amines) is 1. The molecule has 3 atom stereocenters. The lowest BCUT2D eigenvalue weighted by molar-refractivity contribution is -0.145. The SMILES string of the molecule is CC(C)C(CNC(=O)N1CCC(C(=O)O)C(C)C1)Cc1ccccc1. The van der Waals surface area contributed by atoms with Gasteiger partial charge < -0.3 is 15.3 Å². The van der Waals surface area contributed by atoms with Gasteiger partial charge in [0.25, 0.3) is 0 Å². The number of carbonyl (C=O) groups is 2. The lowest BCUT2D eigenvalue weighted by Gasteiger charge is -2.35. The summed E-state index contributed by atoms with van der Waals surface area (Å²) in [7, 11) is 0. The first-order chi connectivity index (χ1) is 11.9. The van der Waals surface area contributed by atoms with Crippen molar-refractivity contribution < 1.29 is 14.7 Å². The van der Waals surface area contributed by atoms with E-state index in [4.69, 9.17) is 0 Å². The number of carboxylic acids is 1. The third kappa shape index (κ3) is 5.48. The molecule has 0 radical (unpaired) electrons. The van der Waals surface area contributed by atoms with E-state index in [2.05, 4.69) is 31.3 Å². The first-order valence-electron chi connectivity index (χ1n) is 9.18. The van der Waals surface area contributed by atoms with Crippen molar-refractivity contribution in [3.8, 4) is 0 Å². The predicted octanol–water partition coefficient (Wildman–Crippen LogP) is 3.25. The smallest absolute Gasteiger partial charge is 0.317 e. The molecule has 1 aromatic rings. The van der Waals surface area contributed by atoms with Gasteiger partial charge in [-0.1, -0.05) is 51.1 Å². The van der Waals surface area contributed by atoms with Gasteiger partial charge in [0.15, 0.2) is 0 Å². The Bertz CT molecular complexity index is 574. The van der Waals surface area contributed by atoms with Crippen molar-refractivity contribution >= 4 is 12.0 Å². The van der Waals surface area contributed by atoms with Crippen LogP contribution in [0.3, 0.4) is 0 Å². The number of urea groups is 1. The maximum atomic E-state index is 12.5. The van der Waals surface area contributed by atoms with E-state index in [9.17, 15) is 14.7 Å². The first-order valence-corrected chi connectivity index (χ1v) is 9.18. The second-order valence-corrected chi connectivity index (χ2v) is 7.54. The van der Waals surface area contributed by atoms with E-state index in [1.807, 2.05) is 25.1 Å². The molecule has 0 bridgehead atoms. The molecule has 5 heteroatoms. The second-order valence-electron chi connectivity index (χ2n) is 7.54. The zero-order chi connectivity index (χ0) is 18.4. The fraction of sp³-hybridized carbons (Fsp3) is 0.600. The highest BCUT2D eigenvalue weighted by atomic mass is 16.4. The summed E-state index contributed by atoms with van der Waals surface area (Å²) in [5.41, 5.74) is 1.28. The van der Waals surface area contributed by atoms with Gasteiger partial charge in [-0.05, 0) is 36.2 Å². The van der Waals surface area contributed by atoms with Crippen LogP contribution in [0.4, 0.5) is 4.79 Å². The third-order valence-corrected chi connectivity index (χ3v) is 5.31. The monoisotopic (exact) mass is 346 g/mol. The summed E-state index contributed by atoms with van der Waals surface area (Å²) in [5.74, 6) is -0.263. The van der Waals surface area contributed by atoms with Crippen LogP contribution in [0.2, 0.25) is 0 Å². The summed E-state index contributed by atoms with van der Waals surface area (Å²) in [6.45, 7) is 7.93. The number of hydrogen-bond donors (Lipinski definition) is 2. The Morgan fingerprint density at radius 2 is 1.96 bits per heavy atom. The third-order valence-electron chi connectivity index (χ3n) is 5.31. The molecule has 2 amide bonds. The normalized spacial score (nSPS) is 21.8. The molecule has 1 aromatic carbocycles. The zero-order valence-electron chi connectivity index (χ0n) is 15.4. The van der Waals surface area contributed by atoms with E-state index in [1.54, 1.807) is 4.90 Å². The number of nitrogens with one attached hydrogen (secondary N) is 1. The molecule has 1 fully saturated rings. The molecular weight excluding hydrogens is 316 g/mol. The standard InChI is InChI=1S/C20H30N2O3/c1-14(2)17(11-16-7-5-4-6-8-16)12-21-20(25)22-10-9-18(19(23)24)15(3)13-22/h4-8,14-15,17-18H,9-13H2,1-3H3,(H,21,25)(H,23,24). The number of hydrogen-bond acceptors (Lipinski definition) is 2. The van der Waals surface area contributed by atoms with Gasteiger partial charge in [0.1, 0.15) is 0 Å². The molecule has 2 N–H and O–H groups in total. The second kappa shape index (κ2) is 8.88. The van der Waals surface area contributed by atoms with Crippen LogP contribution in [0.15, 0.2) is 30.3 Å². The van der Waals surface area contributed by atoms with Gasteiger partial charge in [-0.15, -0.1) is 0 Å². The maximum Gasteiger partial charge on any atom is 0.317 e. The highest BCUT2D eigenvalue weighted by Crippen LogP contribution is 2.23. The van der Waals surface area contributed by atoms with Crippen LogP contribution in [-0.2, 0) is 11.2 Å². The highest BCUT2D eigenvalue weighted by molar-refractivity contribution is 5.75. The Hall–Kier alpha value is -2.04. The van der Waals surface area contributed by atoms with Gasteiger partial charge in [-0.3, -0.25) is 4.79 Å². The average Bonchev–Trinajstić information content (AvgIpc) is 2.58. The number of piperidine rings is 1. The van der Waals surface area contributed by atoms with E-state index in [-0.39, 0.29) is 17.9 Å². The first kappa shape index (κ1) is 19.3. The Morgan fingerprint density at radius 3 is 2.52 bits per heavy atom. The van der Waals surface area contributed by atoms with E-state index < -0.39 is 5.97 Å². The average molecular weight is 346 g/mol. The molecule has 0 spiro atoms. The molecule has 0 aliphatic carbocycles. The molecule has 1 aliphatic heterocycles. The summed E-state index contributed by atoms with van der Waals surface area (Å²) in [4.78, 5) is 25.4. The molecule has 25 heavy (non-hydrogen) atoms. The van der Waals surface area contributed by atoms with Crippen LogP contribution in [0, 0.1) is 23.7 Å². The number of nitrogens with zero attached hydrogens (tertiary/aromatic N) is 1. The van der Waals surface area contributed by atoms with Crippen LogP contribution in [0.1, 0.15) is 32.8 Å². The number of rotatable bonds is 6. The predicted molar refractivity (Wildman–Crippen MR) is 98.4 cm³/mol. The fourth-order valence-electron chi connectivity index (χ4n) is 3.49. The Kier molecular flexibility index (Phi) is 6.85. The lowest BCUT2D eigenvalue weighted by Crippen LogP contribution is -2.49.